The minimum Gasteiger partial charge on any atom is -0.497 e. The Morgan fingerprint density at radius 3 is 2.46 bits per heavy atom. The van der Waals surface area contributed by atoms with Gasteiger partial charge in [0.15, 0.2) is 0 Å². The maximum Gasteiger partial charge on any atom is 0.219 e. The summed E-state index contributed by atoms with van der Waals surface area (Å²) in [5, 5.41) is 0. The number of primary amides is 1. The average molecular weight is 328 g/mol. The molecule has 0 unspecified atom stereocenters. The maximum atomic E-state index is 11.2. The van der Waals surface area contributed by atoms with E-state index in [1.165, 1.54) is 0 Å². The smallest absolute Gasteiger partial charge is 0.219 e. The van der Waals surface area contributed by atoms with Crippen LogP contribution in [0.1, 0.15) is 18.9 Å². The van der Waals surface area contributed by atoms with Crippen molar-refractivity contribution >= 4 is 11.6 Å². The molecular weight excluding hydrogens is 304 g/mol. The van der Waals surface area contributed by atoms with Crippen molar-refractivity contribution in [3.63, 3.8) is 0 Å². The molecule has 0 bridgehead atoms. The number of amides is 1. The van der Waals surface area contributed by atoms with Crippen LogP contribution >= 0.6 is 0 Å². The van der Waals surface area contributed by atoms with Crippen LogP contribution in [0.2, 0.25) is 0 Å². The summed E-state index contributed by atoms with van der Waals surface area (Å²) >= 11 is 0. The Kier molecular flexibility index (Phi) is 6.49. The largest absolute Gasteiger partial charge is 0.497 e. The van der Waals surface area contributed by atoms with Gasteiger partial charge >= 0.3 is 0 Å². The predicted octanol–water partition coefficient (Wildman–Crippen LogP) is 2.98. The van der Waals surface area contributed by atoms with E-state index in [1.54, 1.807) is 7.11 Å². The van der Waals surface area contributed by atoms with Crippen LogP contribution in [-0.2, 0) is 11.3 Å². The van der Waals surface area contributed by atoms with E-state index in [0.29, 0.717) is 26.1 Å². The van der Waals surface area contributed by atoms with Crippen molar-refractivity contribution in [1.29, 1.82) is 0 Å². The van der Waals surface area contributed by atoms with E-state index in [2.05, 4.69) is 4.90 Å². The molecule has 0 saturated heterocycles. The van der Waals surface area contributed by atoms with Crippen molar-refractivity contribution in [2.24, 2.45) is 5.73 Å². The van der Waals surface area contributed by atoms with Crippen LogP contribution in [0.5, 0.6) is 11.5 Å². The lowest BCUT2D eigenvalue weighted by molar-refractivity contribution is -0.117. The van der Waals surface area contributed by atoms with Crippen LogP contribution in [0.4, 0.5) is 5.69 Å². The molecule has 0 radical (unpaired) electrons. The number of carbonyl (C=O) groups excluding carboxylic acids is 1. The Hall–Kier alpha value is -2.69. The number of carbonyl (C=O) groups is 1. The summed E-state index contributed by atoms with van der Waals surface area (Å²) in [5.74, 6) is 1.34. The van der Waals surface area contributed by atoms with E-state index in [1.807, 2.05) is 55.5 Å². The SMILES string of the molecule is CCOc1ccccc1CN(CCC(N)=O)c1ccc(OC)cc1. The molecule has 2 aromatic carbocycles. The topological polar surface area (TPSA) is 64.8 Å². The van der Waals surface area contributed by atoms with E-state index in [4.69, 9.17) is 15.2 Å². The molecule has 2 N–H and O–H groups in total. The Morgan fingerprint density at radius 2 is 1.83 bits per heavy atom. The number of anilines is 1. The van der Waals surface area contributed by atoms with Gasteiger partial charge in [-0.3, -0.25) is 4.79 Å². The molecule has 0 aliphatic carbocycles. The van der Waals surface area contributed by atoms with Crippen molar-refractivity contribution in [2.45, 2.75) is 19.9 Å². The fourth-order valence-electron chi connectivity index (χ4n) is 2.47. The van der Waals surface area contributed by atoms with Crippen molar-refractivity contribution in [2.75, 3.05) is 25.2 Å². The van der Waals surface area contributed by atoms with Crippen LogP contribution < -0.4 is 20.1 Å². The number of hydrogen-bond acceptors (Lipinski definition) is 4. The Bertz CT molecular complexity index is 656. The van der Waals surface area contributed by atoms with Crippen molar-refractivity contribution < 1.29 is 14.3 Å². The normalized spacial score (nSPS) is 10.2. The molecule has 0 aliphatic heterocycles. The van der Waals surface area contributed by atoms with Crippen LogP contribution in [0.15, 0.2) is 48.5 Å². The number of benzene rings is 2. The third kappa shape index (κ3) is 4.91. The van der Waals surface area contributed by atoms with Gasteiger partial charge in [-0.15, -0.1) is 0 Å². The number of rotatable bonds is 9. The second-order valence-electron chi connectivity index (χ2n) is 5.38. The Morgan fingerprint density at radius 1 is 1.12 bits per heavy atom. The summed E-state index contributed by atoms with van der Waals surface area (Å²) in [4.78, 5) is 13.3. The Labute approximate surface area is 143 Å². The first-order valence-corrected chi connectivity index (χ1v) is 8.02. The van der Waals surface area contributed by atoms with Gasteiger partial charge in [-0.25, -0.2) is 0 Å². The maximum absolute atomic E-state index is 11.2. The van der Waals surface area contributed by atoms with E-state index < -0.39 is 0 Å². The van der Waals surface area contributed by atoms with Crippen LogP contribution in [0.25, 0.3) is 0 Å². The molecule has 0 atom stereocenters. The zero-order valence-electron chi connectivity index (χ0n) is 14.2. The van der Waals surface area contributed by atoms with Gasteiger partial charge in [-0.1, -0.05) is 18.2 Å². The molecule has 2 rings (SSSR count). The molecule has 24 heavy (non-hydrogen) atoms. The van der Waals surface area contributed by atoms with Gasteiger partial charge < -0.3 is 20.1 Å². The number of hydrogen-bond donors (Lipinski definition) is 1. The molecule has 0 aliphatic rings. The number of nitrogens with zero attached hydrogens (tertiary/aromatic N) is 1. The molecule has 0 fully saturated rings. The van der Waals surface area contributed by atoms with E-state index in [0.717, 1.165) is 22.7 Å². The minimum atomic E-state index is -0.313. The molecule has 5 nitrogen and oxygen atoms in total. The highest BCUT2D eigenvalue weighted by Gasteiger charge is 2.12. The monoisotopic (exact) mass is 328 g/mol. The molecule has 0 heterocycles. The molecule has 128 valence electrons. The summed E-state index contributed by atoms with van der Waals surface area (Å²) in [5.41, 5.74) is 7.40. The molecule has 0 aromatic heterocycles. The Balaban J connectivity index is 2.23. The molecule has 0 saturated carbocycles. The number of ether oxygens (including phenoxy) is 2. The summed E-state index contributed by atoms with van der Waals surface area (Å²) in [6.45, 7) is 3.75. The standard InChI is InChI=1S/C19H24N2O3/c1-3-24-18-7-5-4-6-15(18)14-21(13-12-19(20)22)16-8-10-17(23-2)11-9-16/h4-11H,3,12-14H2,1-2H3,(H2,20,22). The quantitative estimate of drug-likeness (QED) is 0.768. The number of para-hydroxylation sites is 1. The fourth-order valence-corrected chi connectivity index (χ4v) is 2.47. The lowest BCUT2D eigenvalue weighted by atomic mass is 10.1. The van der Waals surface area contributed by atoms with E-state index in [9.17, 15) is 4.79 Å². The molecule has 0 spiro atoms. The first kappa shape index (κ1) is 17.7. The summed E-state index contributed by atoms with van der Waals surface area (Å²) in [6.07, 6.45) is 0.294. The van der Waals surface area contributed by atoms with E-state index >= 15 is 0 Å². The van der Waals surface area contributed by atoms with E-state index in [-0.39, 0.29) is 5.91 Å². The van der Waals surface area contributed by atoms with Gasteiger partial charge in [-0.05, 0) is 37.3 Å². The second kappa shape index (κ2) is 8.82. The predicted molar refractivity (Wildman–Crippen MR) is 95.5 cm³/mol. The summed E-state index contributed by atoms with van der Waals surface area (Å²) < 4.78 is 10.9. The molecule has 1 amide bonds. The van der Waals surface area contributed by atoms with Crippen LogP contribution in [-0.4, -0.2) is 26.2 Å². The van der Waals surface area contributed by atoms with Gasteiger partial charge in [0.2, 0.25) is 5.91 Å². The fraction of sp³-hybridized carbons (Fsp3) is 0.316. The van der Waals surface area contributed by atoms with Crippen molar-refractivity contribution in [1.82, 2.24) is 0 Å². The first-order valence-electron chi connectivity index (χ1n) is 8.02. The lowest BCUT2D eigenvalue weighted by Gasteiger charge is -2.25. The van der Waals surface area contributed by atoms with Gasteiger partial charge in [-0.2, -0.15) is 0 Å². The first-order chi connectivity index (χ1) is 11.6. The van der Waals surface area contributed by atoms with Gasteiger partial charge in [0, 0.05) is 30.8 Å². The third-order valence-electron chi connectivity index (χ3n) is 3.70. The van der Waals surface area contributed by atoms with Crippen molar-refractivity contribution in [3.8, 4) is 11.5 Å². The van der Waals surface area contributed by atoms with Gasteiger partial charge in [0.05, 0.1) is 13.7 Å². The highest BCUT2D eigenvalue weighted by molar-refractivity contribution is 5.74. The molecule has 2 aromatic rings. The average Bonchev–Trinajstić information content (AvgIpc) is 2.60. The third-order valence-corrected chi connectivity index (χ3v) is 3.70. The zero-order chi connectivity index (χ0) is 17.4. The van der Waals surface area contributed by atoms with Gasteiger partial charge in [0.25, 0.3) is 0 Å². The second-order valence-corrected chi connectivity index (χ2v) is 5.38. The number of methoxy groups -OCH3 is 1. The molecule has 5 heteroatoms. The highest BCUT2D eigenvalue weighted by atomic mass is 16.5. The van der Waals surface area contributed by atoms with Crippen LogP contribution in [0.3, 0.4) is 0 Å². The summed E-state index contributed by atoms with van der Waals surface area (Å²) in [7, 11) is 1.64. The zero-order valence-corrected chi connectivity index (χ0v) is 14.2. The minimum absolute atomic E-state index is 0.294. The number of nitrogens with two attached hydrogens (primary N) is 1. The lowest BCUT2D eigenvalue weighted by Crippen LogP contribution is -2.27. The highest BCUT2D eigenvalue weighted by Crippen LogP contribution is 2.25. The van der Waals surface area contributed by atoms with Crippen molar-refractivity contribution in [3.05, 3.63) is 54.1 Å². The van der Waals surface area contributed by atoms with Gasteiger partial charge in [0.1, 0.15) is 11.5 Å². The summed E-state index contributed by atoms with van der Waals surface area (Å²) in [6, 6.07) is 15.7. The van der Waals surface area contributed by atoms with Crippen LogP contribution in [0, 0.1) is 0 Å². The molecular formula is C19H24N2O3.